The molecule has 5 aromatic carbocycles. The van der Waals surface area contributed by atoms with E-state index in [-0.39, 0.29) is 18.3 Å². The van der Waals surface area contributed by atoms with E-state index in [1.54, 1.807) is 50.7 Å². The van der Waals surface area contributed by atoms with Crippen LogP contribution in [0.3, 0.4) is 0 Å². The number of ether oxygens (including phenoxy) is 4. The second kappa shape index (κ2) is 17.9. The van der Waals surface area contributed by atoms with E-state index in [9.17, 15) is 9.59 Å². The minimum atomic E-state index is -2.38. The van der Waals surface area contributed by atoms with Crippen molar-refractivity contribution in [1.82, 2.24) is 9.55 Å². The Morgan fingerprint density at radius 3 is 1.91 bits per heavy atom. The molecule has 0 bridgehead atoms. The van der Waals surface area contributed by atoms with Crippen LogP contribution in [0.1, 0.15) is 39.7 Å². The van der Waals surface area contributed by atoms with Gasteiger partial charge in [-0.25, -0.2) is 0 Å². The van der Waals surface area contributed by atoms with Gasteiger partial charge in [-0.05, 0) is 12.1 Å². The number of benzene rings is 5. The summed E-state index contributed by atoms with van der Waals surface area (Å²) in [6.07, 6.45) is 0.00733. The topological polar surface area (TPSA) is 122 Å². The molecule has 1 aliphatic heterocycles. The van der Waals surface area contributed by atoms with Crippen LogP contribution in [0.15, 0.2) is 157 Å². The van der Waals surface area contributed by atoms with Crippen LogP contribution in [0, 0.1) is 0 Å². The normalized spacial score (nSPS) is 17.6. The van der Waals surface area contributed by atoms with E-state index in [1.807, 2.05) is 122 Å². The van der Waals surface area contributed by atoms with E-state index in [0.29, 0.717) is 23.5 Å². The molecule has 1 fully saturated rings. The molecule has 1 saturated heterocycles. The molecule has 57 heavy (non-hydrogen) atoms. The molecule has 292 valence electrons. The third-order valence-corrected chi connectivity index (χ3v) is 12.1. The maximum absolute atomic E-state index is 13.6. The number of amides is 1. The third-order valence-electron chi connectivity index (χ3n) is 9.68. The van der Waals surface area contributed by atoms with Gasteiger partial charge in [0.2, 0.25) is 0 Å². The van der Waals surface area contributed by atoms with Gasteiger partial charge in [0, 0.05) is 0 Å². The van der Waals surface area contributed by atoms with Crippen LogP contribution in [0.4, 0.5) is 11.5 Å². The standard InChI is InChI=1S/C44H43N4O7PSe/c1-51-36-23-19-33(20-24-36)44(32-15-9-5-10-16-32,34-21-25-37(52-2)26-22-34)53-30-39-38(55-56(3,57)47-35-17-11-6-12-18-35)29-41(54-39)48-28-27-40(46-43(48)50)45-42(49)31-13-7-4-8-14-31/h4-28,38-39,41H,29-30H2,1-3H3,(H,47,57)(H,45,46,49,50)/t38-,39+,41+,56?/m0/s1. The van der Waals surface area contributed by atoms with Crippen molar-refractivity contribution in [2.45, 2.75) is 30.5 Å². The van der Waals surface area contributed by atoms with Gasteiger partial charge in [-0.15, -0.1) is 0 Å². The molecule has 13 heteroatoms. The van der Waals surface area contributed by atoms with Crippen LogP contribution in [-0.4, -0.2) is 70.3 Å². The average Bonchev–Trinajstić information content (AvgIpc) is 3.63. The molecule has 2 heterocycles. The zero-order valence-electron chi connectivity index (χ0n) is 31.7. The summed E-state index contributed by atoms with van der Waals surface area (Å²) in [6.45, 7) is 2.08. The maximum atomic E-state index is 13.6. The SMILES string of the molecule is COc1ccc(C(OC[C@H]2O[C@@H](n3ccc(NC(=O)c4ccccc4)nc3=O)C[C@@H]2OP(C)(=[Se])Nc2ccccc2)(c2ccccc2)c2ccc(OC)cc2)cc1. The third kappa shape index (κ3) is 9.29. The van der Waals surface area contributed by atoms with E-state index < -0.39 is 35.6 Å². The molecule has 0 aliphatic carbocycles. The number of methoxy groups -OCH3 is 2. The number of hydrogen-bond donors (Lipinski definition) is 2. The number of aromatic nitrogens is 2. The van der Waals surface area contributed by atoms with Gasteiger partial charge in [-0.1, -0.05) is 18.2 Å². The number of anilines is 2. The summed E-state index contributed by atoms with van der Waals surface area (Å²) in [6, 6.07) is 45.8. The Balaban J connectivity index is 1.23. The summed E-state index contributed by atoms with van der Waals surface area (Å²) in [5, 5.41) is 6.25. The zero-order chi connectivity index (χ0) is 39.8. The Kier molecular flexibility index (Phi) is 12.5. The van der Waals surface area contributed by atoms with Crippen molar-refractivity contribution >= 4 is 38.4 Å². The Bertz CT molecular complexity index is 2320. The Labute approximate surface area is 339 Å². The van der Waals surface area contributed by atoms with Gasteiger partial charge in [0.05, 0.1) is 14.2 Å². The first-order chi connectivity index (χ1) is 27.7. The minimum absolute atomic E-state index is 0.0762. The van der Waals surface area contributed by atoms with Crippen LogP contribution >= 0.6 is 5.89 Å². The van der Waals surface area contributed by atoms with Crippen molar-refractivity contribution in [2.75, 3.05) is 37.9 Å². The second-order valence-corrected chi connectivity index (χ2v) is 20.0. The summed E-state index contributed by atoms with van der Waals surface area (Å²) in [5.74, 6) is -1.19. The second-order valence-electron chi connectivity index (χ2n) is 13.5. The summed E-state index contributed by atoms with van der Waals surface area (Å²) in [4.78, 5) is 30.6. The van der Waals surface area contributed by atoms with Crippen molar-refractivity contribution in [3.8, 4) is 11.5 Å². The molecule has 0 radical (unpaired) electrons. The Morgan fingerprint density at radius 1 is 0.807 bits per heavy atom. The summed E-state index contributed by atoms with van der Waals surface area (Å²) >= 11 is 3.26. The van der Waals surface area contributed by atoms with Crippen molar-refractivity contribution in [3.05, 3.63) is 185 Å². The fourth-order valence-electron chi connectivity index (χ4n) is 6.92. The molecule has 11 nitrogen and oxygen atoms in total. The molecule has 1 aromatic heterocycles. The summed E-state index contributed by atoms with van der Waals surface area (Å²) in [7, 11) is 3.27. The quantitative estimate of drug-likeness (QED) is 0.0605. The molecular weight excluding hydrogens is 806 g/mol. The molecule has 0 saturated carbocycles. The average molecular weight is 850 g/mol. The number of hydrogen-bond acceptors (Lipinski definition) is 9. The summed E-state index contributed by atoms with van der Waals surface area (Å²) in [5.41, 5.74) is 2.30. The predicted molar refractivity (Wildman–Crippen MR) is 223 cm³/mol. The van der Waals surface area contributed by atoms with E-state index in [1.165, 1.54) is 4.57 Å². The number of nitrogens with one attached hydrogen (secondary N) is 2. The van der Waals surface area contributed by atoms with Gasteiger partial charge in [-0.3, -0.25) is 0 Å². The molecule has 1 amide bonds. The summed E-state index contributed by atoms with van der Waals surface area (Å²) < 4.78 is 33.3. The number of carbonyl (C=O) groups excluding carboxylic acids is 1. The van der Waals surface area contributed by atoms with Gasteiger partial charge in [0.1, 0.15) is 0 Å². The van der Waals surface area contributed by atoms with E-state index in [0.717, 1.165) is 22.4 Å². The first-order valence-corrected chi connectivity index (χ1v) is 22.7. The van der Waals surface area contributed by atoms with Crippen molar-refractivity contribution in [1.29, 1.82) is 0 Å². The van der Waals surface area contributed by atoms with Crippen molar-refractivity contribution in [2.24, 2.45) is 0 Å². The Morgan fingerprint density at radius 2 is 1.35 bits per heavy atom. The van der Waals surface area contributed by atoms with E-state index in [4.69, 9.17) is 23.5 Å². The van der Waals surface area contributed by atoms with Crippen LogP contribution < -0.4 is 25.6 Å². The molecular formula is C44H43N4O7PSe. The van der Waals surface area contributed by atoms with Crippen LogP contribution in [0.25, 0.3) is 0 Å². The predicted octanol–water partition coefficient (Wildman–Crippen LogP) is 7.87. The van der Waals surface area contributed by atoms with Crippen LogP contribution in [0.5, 0.6) is 11.5 Å². The molecule has 1 aliphatic rings. The molecule has 2 N–H and O–H groups in total. The van der Waals surface area contributed by atoms with Gasteiger partial charge in [-0.2, -0.15) is 0 Å². The van der Waals surface area contributed by atoms with Gasteiger partial charge >= 0.3 is 296 Å². The number of nitrogens with zero attached hydrogens (tertiary/aromatic N) is 2. The van der Waals surface area contributed by atoms with Crippen LogP contribution in [-0.2, 0) is 19.6 Å². The molecule has 0 spiro atoms. The Hall–Kier alpha value is -5.32. The first-order valence-electron chi connectivity index (χ1n) is 18.4. The fraction of sp³-hybridized carbons (Fsp3) is 0.205. The van der Waals surface area contributed by atoms with Gasteiger partial charge in [0.15, 0.2) is 0 Å². The molecule has 7 rings (SSSR count). The van der Waals surface area contributed by atoms with E-state index >= 15 is 0 Å². The van der Waals surface area contributed by atoms with E-state index in [2.05, 4.69) is 30.5 Å². The first kappa shape index (κ1) is 39.9. The number of carbonyl (C=O) groups is 1. The van der Waals surface area contributed by atoms with Crippen molar-refractivity contribution in [3.63, 3.8) is 0 Å². The molecule has 1 unspecified atom stereocenters. The number of para-hydroxylation sites is 1. The zero-order valence-corrected chi connectivity index (χ0v) is 34.3. The molecule has 4 atom stereocenters. The van der Waals surface area contributed by atoms with Crippen LogP contribution in [0.2, 0.25) is 0 Å². The monoisotopic (exact) mass is 850 g/mol. The molecule has 6 aromatic rings. The van der Waals surface area contributed by atoms with Gasteiger partial charge < -0.3 is 0 Å². The number of rotatable bonds is 15. The van der Waals surface area contributed by atoms with Crippen molar-refractivity contribution < 1.29 is 28.3 Å². The van der Waals surface area contributed by atoms with Gasteiger partial charge in [0.25, 0.3) is 0 Å². The fourth-order valence-corrected chi connectivity index (χ4v) is 9.69.